The molecule has 0 spiro atoms. The number of aryl methyl sites for hydroxylation is 1. The van der Waals surface area contributed by atoms with Crippen LogP contribution < -0.4 is 5.32 Å². The number of benzene rings is 1. The summed E-state index contributed by atoms with van der Waals surface area (Å²) in [4.78, 5) is 11.4. The maximum absolute atomic E-state index is 4.72. The fourth-order valence-electron chi connectivity index (χ4n) is 2.38. The molecule has 1 aromatic carbocycles. The number of hydrogen-bond acceptors (Lipinski definition) is 2. The van der Waals surface area contributed by atoms with Crippen LogP contribution in [-0.4, -0.2) is 28.5 Å². The van der Waals surface area contributed by atoms with Crippen molar-refractivity contribution in [1.82, 2.24) is 20.3 Å². The summed E-state index contributed by atoms with van der Waals surface area (Å²) in [6.45, 7) is 3.02. The first-order valence-electron chi connectivity index (χ1n) is 6.56. The number of likely N-dealkylation sites (N-methyl/N-ethyl adjacent to an activating group) is 1. The monoisotopic (exact) mass is 254 g/mol. The lowest BCUT2D eigenvalue weighted by Gasteiger charge is -1.96. The van der Waals surface area contributed by atoms with Crippen LogP contribution in [0, 0.1) is 6.92 Å². The van der Waals surface area contributed by atoms with Crippen molar-refractivity contribution in [2.75, 3.05) is 13.6 Å². The number of aromatic amines is 2. The van der Waals surface area contributed by atoms with Gasteiger partial charge in [-0.15, -0.1) is 0 Å². The predicted octanol–water partition coefficient (Wildman–Crippen LogP) is 2.63. The van der Waals surface area contributed by atoms with Gasteiger partial charge in [0.1, 0.15) is 5.82 Å². The van der Waals surface area contributed by atoms with Gasteiger partial charge in [0.2, 0.25) is 0 Å². The van der Waals surface area contributed by atoms with Gasteiger partial charge in [-0.1, -0.05) is 18.2 Å². The fraction of sp³-hybridized carbons (Fsp3) is 0.267. The van der Waals surface area contributed by atoms with Gasteiger partial charge in [0.05, 0.1) is 5.69 Å². The van der Waals surface area contributed by atoms with Crippen LogP contribution in [0.4, 0.5) is 0 Å². The molecule has 3 rings (SSSR count). The van der Waals surface area contributed by atoms with Gasteiger partial charge in [-0.3, -0.25) is 0 Å². The highest BCUT2D eigenvalue weighted by Crippen LogP contribution is 2.27. The summed E-state index contributed by atoms with van der Waals surface area (Å²) in [5.74, 6) is 0.945. The Bertz CT molecular complexity index is 693. The van der Waals surface area contributed by atoms with E-state index in [9.17, 15) is 0 Å². The number of imidazole rings is 1. The van der Waals surface area contributed by atoms with E-state index in [4.69, 9.17) is 4.98 Å². The summed E-state index contributed by atoms with van der Waals surface area (Å²) in [5, 5.41) is 4.36. The molecule has 98 valence electrons. The number of para-hydroxylation sites is 1. The molecule has 0 atom stereocenters. The number of fused-ring (bicyclic) bond motifs is 1. The number of H-pyrrole nitrogens is 2. The van der Waals surface area contributed by atoms with Crippen LogP contribution in [0.25, 0.3) is 22.3 Å². The van der Waals surface area contributed by atoms with E-state index in [1.165, 1.54) is 5.39 Å². The molecule has 3 N–H and O–H groups in total. The lowest BCUT2D eigenvalue weighted by atomic mass is 10.2. The van der Waals surface area contributed by atoms with Crippen molar-refractivity contribution in [1.29, 1.82) is 0 Å². The summed E-state index contributed by atoms with van der Waals surface area (Å²) in [6.07, 6.45) is 2.96. The molecule has 2 aromatic heterocycles. The van der Waals surface area contributed by atoms with E-state index in [1.54, 1.807) is 0 Å². The fourth-order valence-corrected chi connectivity index (χ4v) is 2.38. The Hall–Kier alpha value is -2.07. The first-order valence-corrected chi connectivity index (χ1v) is 6.56. The number of rotatable bonds is 4. The van der Waals surface area contributed by atoms with Crippen LogP contribution in [-0.2, 0) is 6.42 Å². The minimum absolute atomic E-state index is 0.943. The van der Waals surface area contributed by atoms with Crippen LogP contribution >= 0.6 is 0 Å². The summed E-state index contributed by atoms with van der Waals surface area (Å²) >= 11 is 0. The lowest BCUT2D eigenvalue weighted by molar-refractivity contribution is 0.776. The first kappa shape index (κ1) is 12.0. The van der Waals surface area contributed by atoms with Crippen molar-refractivity contribution in [2.24, 2.45) is 0 Å². The number of aromatic nitrogens is 3. The van der Waals surface area contributed by atoms with Crippen LogP contribution in [0.15, 0.2) is 30.5 Å². The maximum Gasteiger partial charge on any atom is 0.139 e. The van der Waals surface area contributed by atoms with Gasteiger partial charge >= 0.3 is 0 Å². The largest absolute Gasteiger partial charge is 0.360 e. The van der Waals surface area contributed by atoms with Crippen molar-refractivity contribution in [3.63, 3.8) is 0 Å². The molecule has 0 bridgehead atoms. The molecular weight excluding hydrogens is 236 g/mol. The molecule has 0 fully saturated rings. The van der Waals surface area contributed by atoms with E-state index in [2.05, 4.69) is 40.4 Å². The van der Waals surface area contributed by atoms with Crippen molar-refractivity contribution in [3.05, 3.63) is 41.9 Å². The van der Waals surface area contributed by atoms with Gasteiger partial charge in [-0.25, -0.2) is 4.98 Å². The lowest BCUT2D eigenvalue weighted by Crippen LogP contribution is -2.11. The molecule has 4 heteroatoms. The molecule has 0 saturated heterocycles. The summed E-state index contributed by atoms with van der Waals surface area (Å²) < 4.78 is 0. The zero-order valence-corrected chi connectivity index (χ0v) is 11.2. The smallest absolute Gasteiger partial charge is 0.139 e. The molecule has 19 heavy (non-hydrogen) atoms. The van der Waals surface area contributed by atoms with Gasteiger partial charge in [-0.2, -0.15) is 0 Å². The van der Waals surface area contributed by atoms with Gasteiger partial charge in [0.15, 0.2) is 0 Å². The summed E-state index contributed by atoms with van der Waals surface area (Å²) in [7, 11) is 1.96. The molecule has 3 aromatic rings. The van der Waals surface area contributed by atoms with Gasteiger partial charge in [-0.05, 0) is 20.0 Å². The second kappa shape index (κ2) is 4.90. The van der Waals surface area contributed by atoms with E-state index < -0.39 is 0 Å². The zero-order chi connectivity index (χ0) is 13.2. The van der Waals surface area contributed by atoms with Gasteiger partial charge in [0, 0.05) is 41.3 Å². The number of nitrogens with zero attached hydrogens (tertiary/aromatic N) is 1. The Morgan fingerprint density at radius 1 is 1.26 bits per heavy atom. The standard InChI is InChI=1S/C15H18N4/c1-10-13(7-8-16-2)19-15(18-10)12-9-17-14-6-4-3-5-11(12)14/h3-6,9,16-17H,7-8H2,1-2H3,(H,18,19). The third kappa shape index (κ3) is 2.15. The Kier molecular flexibility index (Phi) is 3.09. The number of nitrogens with one attached hydrogen (secondary N) is 3. The molecule has 0 radical (unpaired) electrons. The second-order valence-corrected chi connectivity index (χ2v) is 4.76. The van der Waals surface area contributed by atoms with Crippen LogP contribution in [0.1, 0.15) is 11.4 Å². The molecule has 0 aliphatic heterocycles. The number of hydrogen-bond donors (Lipinski definition) is 3. The highest BCUT2D eigenvalue weighted by Gasteiger charge is 2.11. The molecule has 0 amide bonds. The Labute approximate surface area is 112 Å². The van der Waals surface area contributed by atoms with Crippen LogP contribution in [0.5, 0.6) is 0 Å². The third-order valence-electron chi connectivity index (χ3n) is 3.44. The normalized spacial score (nSPS) is 11.3. The topological polar surface area (TPSA) is 56.5 Å². The highest BCUT2D eigenvalue weighted by atomic mass is 14.9. The van der Waals surface area contributed by atoms with E-state index in [-0.39, 0.29) is 0 Å². The van der Waals surface area contributed by atoms with Crippen molar-refractivity contribution < 1.29 is 0 Å². The van der Waals surface area contributed by atoms with Crippen LogP contribution in [0.2, 0.25) is 0 Å². The van der Waals surface area contributed by atoms with Crippen molar-refractivity contribution >= 4 is 10.9 Å². The SMILES string of the molecule is CNCCc1nc(-c2c[nH]c3ccccc23)[nH]c1C. The predicted molar refractivity (Wildman–Crippen MR) is 78.2 cm³/mol. The Morgan fingerprint density at radius 2 is 2.11 bits per heavy atom. The minimum Gasteiger partial charge on any atom is -0.360 e. The average Bonchev–Trinajstić information content (AvgIpc) is 3.00. The Morgan fingerprint density at radius 3 is 2.95 bits per heavy atom. The summed E-state index contributed by atoms with van der Waals surface area (Å²) in [5.41, 5.74) is 4.56. The first-order chi connectivity index (χ1) is 9.29. The zero-order valence-electron chi connectivity index (χ0n) is 11.2. The molecule has 0 unspecified atom stereocenters. The molecule has 0 aliphatic rings. The summed E-state index contributed by atoms with van der Waals surface area (Å²) in [6, 6.07) is 8.29. The second-order valence-electron chi connectivity index (χ2n) is 4.76. The van der Waals surface area contributed by atoms with E-state index in [0.29, 0.717) is 0 Å². The molecule has 2 heterocycles. The molecule has 0 aliphatic carbocycles. The van der Waals surface area contributed by atoms with Gasteiger partial charge in [0.25, 0.3) is 0 Å². The molecule has 4 nitrogen and oxygen atoms in total. The maximum atomic E-state index is 4.72. The Balaban J connectivity index is 2.02. The minimum atomic E-state index is 0.943. The van der Waals surface area contributed by atoms with E-state index in [0.717, 1.165) is 41.3 Å². The average molecular weight is 254 g/mol. The van der Waals surface area contributed by atoms with Crippen LogP contribution in [0.3, 0.4) is 0 Å². The van der Waals surface area contributed by atoms with Crippen molar-refractivity contribution in [2.45, 2.75) is 13.3 Å². The van der Waals surface area contributed by atoms with Gasteiger partial charge < -0.3 is 15.3 Å². The van der Waals surface area contributed by atoms with Crippen molar-refractivity contribution in [3.8, 4) is 11.4 Å². The third-order valence-corrected chi connectivity index (χ3v) is 3.44. The quantitative estimate of drug-likeness (QED) is 0.670. The highest BCUT2D eigenvalue weighted by molar-refractivity contribution is 5.93. The molecular formula is C15H18N4. The molecule has 0 saturated carbocycles. The van der Waals surface area contributed by atoms with E-state index in [1.807, 2.05) is 19.3 Å². The van der Waals surface area contributed by atoms with E-state index >= 15 is 0 Å².